The molecule has 1 amide bonds. The molecule has 1 aromatic heterocycles. The Morgan fingerprint density at radius 2 is 1.77 bits per heavy atom. The SMILES string of the molecule is C/C(=C(\F)C(=O)N1c2c(-c3ccccc3)cc(S(N)(=O)=O)c1c2Br)c1ccc2ccnc(N)c2c1. The zero-order chi connectivity index (χ0) is 25.1. The number of sulfonamides is 1. The number of pyridine rings is 1. The number of hydrogen-bond acceptors (Lipinski definition) is 5. The van der Waals surface area contributed by atoms with Crippen LogP contribution in [-0.2, 0) is 14.8 Å². The fourth-order valence-electron chi connectivity index (χ4n) is 4.16. The predicted octanol–water partition coefficient (Wildman–Crippen LogP) is 5.27. The van der Waals surface area contributed by atoms with Crippen LogP contribution in [0.2, 0.25) is 0 Å². The highest BCUT2D eigenvalue weighted by molar-refractivity contribution is 9.10. The topological polar surface area (TPSA) is 119 Å². The average molecular weight is 553 g/mol. The van der Waals surface area contributed by atoms with Crippen molar-refractivity contribution in [2.45, 2.75) is 11.8 Å². The van der Waals surface area contributed by atoms with Crippen LogP contribution in [0.3, 0.4) is 0 Å². The summed E-state index contributed by atoms with van der Waals surface area (Å²) in [5.41, 5.74) is 7.92. The molecule has 10 heteroatoms. The van der Waals surface area contributed by atoms with Gasteiger partial charge in [-0.05, 0) is 63.1 Å². The van der Waals surface area contributed by atoms with Gasteiger partial charge in [-0.3, -0.25) is 9.69 Å². The van der Waals surface area contributed by atoms with Crippen LogP contribution >= 0.6 is 15.9 Å². The zero-order valence-corrected chi connectivity index (χ0v) is 20.7. The molecule has 2 aliphatic heterocycles. The standard InChI is InChI=1S/C25H18BrFN4O3S/c1-13(16-8-7-15-9-10-30-24(28)18(15)11-16)21(27)25(32)31-22-17(14-5-3-2-4-6-14)12-19(35(29,33)34)23(31)20(22)26/h2-12H,1H3,(H2,28,30)(H2,29,33,34)/b21-13+. The first-order chi connectivity index (χ1) is 16.6. The van der Waals surface area contributed by atoms with Gasteiger partial charge in [0.2, 0.25) is 10.0 Å². The van der Waals surface area contributed by atoms with E-state index in [1.165, 1.54) is 13.0 Å². The minimum absolute atomic E-state index is 0.00193. The van der Waals surface area contributed by atoms with E-state index in [4.69, 9.17) is 10.9 Å². The van der Waals surface area contributed by atoms with Crippen LogP contribution < -0.4 is 15.8 Å². The maximum absolute atomic E-state index is 15.6. The largest absolute Gasteiger partial charge is 0.383 e. The Kier molecular flexibility index (Phi) is 5.47. The molecule has 3 aromatic carbocycles. The summed E-state index contributed by atoms with van der Waals surface area (Å²) < 4.78 is 40.7. The second-order valence-corrected chi connectivity index (χ2v) is 10.4. The lowest BCUT2D eigenvalue weighted by molar-refractivity contribution is -0.115. The molecule has 4 aromatic rings. The van der Waals surface area contributed by atoms with Crippen molar-refractivity contribution in [2.24, 2.45) is 5.14 Å². The number of allylic oxidation sites excluding steroid dienone is 1. The van der Waals surface area contributed by atoms with E-state index in [0.717, 1.165) is 10.3 Å². The van der Waals surface area contributed by atoms with Crippen molar-refractivity contribution in [1.29, 1.82) is 0 Å². The van der Waals surface area contributed by atoms with E-state index >= 15 is 4.39 Å². The molecular weight excluding hydrogens is 535 g/mol. The lowest BCUT2D eigenvalue weighted by atomic mass is 9.95. The van der Waals surface area contributed by atoms with E-state index in [9.17, 15) is 13.2 Å². The van der Waals surface area contributed by atoms with Gasteiger partial charge in [0.25, 0.3) is 5.91 Å². The first-order valence-electron chi connectivity index (χ1n) is 10.4. The lowest BCUT2D eigenvalue weighted by Gasteiger charge is -2.38. The molecule has 0 radical (unpaired) electrons. The minimum Gasteiger partial charge on any atom is -0.383 e. The molecule has 0 spiro atoms. The molecule has 176 valence electrons. The van der Waals surface area contributed by atoms with Gasteiger partial charge in [0.05, 0.1) is 15.8 Å². The number of amides is 1. The van der Waals surface area contributed by atoms with Gasteiger partial charge in [0.1, 0.15) is 10.7 Å². The second-order valence-electron chi connectivity index (χ2n) is 8.06. The smallest absolute Gasteiger partial charge is 0.292 e. The van der Waals surface area contributed by atoms with Gasteiger partial charge in [-0.1, -0.05) is 42.5 Å². The number of hydrogen-bond donors (Lipinski definition) is 2. The van der Waals surface area contributed by atoms with Crippen LogP contribution in [0.25, 0.3) is 27.5 Å². The molecule has 0 atom stereocenters. The Hall–Kier alpha value is -3.60. The van der Waals surface area contributed by atoms with Crippen molar-refractivity contribution in [1.82, 2.24) is 4.98 Å². The normalized spacial score (nSPS) is 13.4. The van der Waals surface area contributed by atoms with Gasteiger partial charge in [-0.25, -0.2) is 22.9 Å². The first-order valence-corrected chi connectivity index (χ1v) is 12.7. The Bertz CT molecular complexity index is 1690. The highest BCUT2D eigenvalue weighted by Gasteiger charge is 2.42. The lowest BCUT2D eigenvalue weighted by Crippen LogP contribution is -2.36. The molecule has 0 saturated heterocycles. The minimum atomic E-state index is -4.22. The van der Waals surface area contributed by atoms with Gasteiger partial charge in [-0.2, -0.15) is 0 Å². The molecule has 3 heterocycles. The number of primary sulfonamides is 1. The number of carbonyl (C=O) groups excluding carboxylic acids is 1. The second kappa shape index (κ2) is 8.26. The van der Waals surface area contributed by atoms with E-state index in [2.05, 4.69) is 20.9 Å². The maximum atomic E-state index is 15.6. The van der Waals surface area contributed by atoms with Gasteiger partial charge >= 0.3 is 0 Å². The third-order valence-corrected chi connectivity index (χ3v) is 7.64. The Morgan fingerprint density at radius 1 is 1.06 bits per heavy atom. The number of carbonyl (C=O) groups is 1. The Morgan fingerprint density at radius 3 is 2.46 bits per heavy atom. The van der Waals surface area contributed by atoms with Gasteiger partial charge < -0.3 is 5.73 Å². The number of nitrogen functional groups attached to an aromatic ring is 1. The van der Waals surface area contributed by atoms with Crippen LogP contribution in [0.5, 0.6) is 0 Å². The van der Waals surface area contributed by atoms with Gasteiger partial charge in [0.15, 0.2) is 5.83 Å². The molecule has 2 aliphatic rings. The van der Waals surface area contributed by atoms with Crippen LogP contribution in [0.1, 0.15) is 12.5 Å². The molecule has 0 fully saturated rings. The molecule has 0 aliphatic carbocycles. The third kappa shape index (κ3) is 3.70. The molecule has 4 N–H and O–H groups in total. The van der Waals surface area contributed by atoms with E-state index in [-0.39, 0.29) is 22.0 Å². The quantitative estimate of drug-likeness (QED) is 0.334. The molecule has 0 unspecified atom stereocenters. The maximum Gasteiger partial charge on any atom is 0.292 e. The van der Waals surface area contributed by atoms with E-state index in [0.29, 0.717) is 32.2 Å². The number of aromatic nitrogens is 1. The van der Waals surface area contributed by atoms with E-state index in [1.807, 2.05) is 0 Å². The van der Waals surface area contributed by atoms with Crippen LogP contribution in [0, 0.1) is 0 Å². The summed E-state index contributed by atoms with van der Waals surface area (Å²) >= 11 is 3.36. The van der Waals surface area contributed by atoms with Crippen molar-refractivity contribution < 1.29 is 17.6 Å². The Labute approximate surface area is 209 Å². The molecular formula is C25H18BrFN4O3S. The van der Waals surface area contributed by atoms with E-state index < -0.39 is 21.8 Å². The van der Waals surface area contributed by atoms with Gasteiger partial charge in [0, 0.05) is 17.1 Å². The first kappa shape index (κ1) is 23.2. The van der Waals surface area contributed by atoms with E-state index in [1.54, 1.807) is 60.8 Å². The fraction of sp³-hybridized carbons (Fsp3) is 0.0400. The number of fused-ring (bicyclic) bond motifs is 3. The highest BCUT2D eigenvalue weighted by Crippen LogP contribution is 2.57. The monoisotopic (exact) mass is 552 g/mol. The van der Waals surface area contributed by atoms with Crippen molar-refractivity contribution in [3.8, 4) is 11.1 Å². The number of halogens is 2. The highest BCUT2D eigenvalue weighted by atomic mass is 79.9. The van der Waals surface area contributed by atoms with Crippen LogP contribution in [-0.4, -0.2) is 19.3 Å². The number of nitrogens with zero attached hydrogens (tertiary/aromatic N) is 2. The predicted molar refractivity (Wildman–Crippen MR) is 138 cm³/mol. The van der Waals surface area contributed by atoms with Crippen molar-refractivity contribution >= 4 is 65.4 Å². The molecule has 6 rings (SSSR count). The van der Waals surface area contributed by atoms with Crippen LogP contribution in [0.4, 0.5) is 21.6 Å². The third-order valence-electron chi connectivity index (χ3n) is 5.97. The molecule has 35 heavy (non-hydrogen) atoms. The van der Waals surface area contributed by atoms with Crippen molar-refractivity contribution in [2.75, 3.05) is 10.6 Å². The number of benzene rings is 3. The summed E-state index contributed by atoms with van der Waals surface area (Å²) in [6.45, 7) is 1.48. The van der Waals surface area contributed by atoms with Crippen molar-refractivity contribution in [3.05, 3.63) is 82.7 Å². The molecule has 0 saturated carbocycles. The van der Waals surface area contributed by atoms with Gasteiger partial charge in [-0.15, -0.1) is 0 Å². The number of rotatable bonds is 4. The van der Waals surface area contributed by atoms with Crippen LogP contribution in [0.15, 0.2) is 82.1 Å². The fourth-order valence-corrected chi connectivity index (χ4v) is 5.82. The summed E-state index contributed by atoms with van der Waals surface area (Å²) in [7, 11) is -4.22. The Balaban J connectivity index is 1.64. The average Bonchev–Trinajstić information content (AvgIpc) is 2.86. The van der Waals surface area contributed by atoms with Crippen molar-refractivity contribution in [3.63, 3.8) is 0 Å². The molecule has 2 bridgehead atoms. The number of nitrogens with two attached hydrogens (primary N) is 2. The molecule has 7 nitrogen and oxygen atoms in total. The summed E-state index contributed by atoms with van der Waals surface area (Å²) in [5.74, 6) is -1.75. The number of anilines is 3. The summed E-state index contributed by atoms with van der Waals surface area (Å²) in [6, 6.07) is 17.2. The summed E-state index contributed by atoms with van der Waals surface area (Å²) in [6.07, 6.45) is 1.58. The summed E-state index contributed by atoms with van der Waals surface area (Å²) in [5, 5.41) is 6.90. The zero-order valence-electron chi connectivity index (χ0n) is 18.3. The summed E-state index contributed by atoms with van der Waals surface area (Å²) in [4.78, 5) is 18.2.